The lowest BCUT2D eigenvalue weighted by Gasteiger charge is -2.02. The Kier molecular flexibility index (Phi) is 16.1. The molecule has 0 aliphatic rings. The molecule has 0 amide bonds. The first-order chi connectivity index (χ1) is 16.8. The second-order valence-electron chi connectivity index (χ2n) is 9.84. The van der Waals surface area contributed by atoms with Gasteiger partial charge in [0.05, 0.1) is 5.52 Å². The van der Waals surface area contributed by atoms with Crippen LogP contribution in [0.1, 0.15) is 140 Å². The van der Waals surface area contributed by atoms with Gasteiger partial charge in [0.2, 0.25) is 5.91 Å². The fourth-order valence-electron chi connectivity index (χ4n) is 4.57. The van der Waals surface area contributed by atoms with E-state index < -0.39 is 0 Å². The molecule has 4 nitrogen and oxygen atoms in total. The van der Waals surface area contributed by atoms with Crippen LogP contribution >= 0.6 is 0 Å². The predicted molar refractivity (Wildman–Crippen MR) is 145 cm³/mol. The number of rotatable bonds is 21. The number of nitrogens with zero attached hydrogens (tertiary/aromatic N) is 3. The average Bonchev–Trinajstić information content (AvgIpc) is 3.29. The lowest BCUT2D eigenvalue weighted by Crippen LogP contribution is -2.12. The molecular formula is C30H49N3O. The van der Waals surface area contributed by atoms with Gasteiger partial charge in [-0.05, 0) is 44.2 Å². The number of benzene rings is 1. The summed E-state index contributed by atoms with van der Waals surface area (Å²) in [6.45, 7) is 2.29. The van der Waals surface area contributed by atoms with Crippen molar-refractivity contribution in [3.05, 3.63) is 36.4 Å². The molecule has 1 heterocycles. The van der Waals surface area contributed by atoms with Gasteiger partial charge in [0.15, 0.2) is 0 Å². The minimum absolute atomic E-state index is 0.0524. The van der Waals surface area contributed by atoms with Crippen LogP contribution in [0.5, 0.6) is 0 Å². The Labute approximate surface area is 208 Å². The summed E-state index contributed by atoms with van der Waals surface area (Å²) < 4.78 is 1.46. The van der Waals surface area contributed by atoms with Gasteiger partial charge in [-0.1, -0.05) is 126 Å². The molecule has 2 aromatic rings. The number of allylic oxidation sites excluding steroid dienone is 2. The van der Waals surface area contributed by atoms with Gasteiger partial charge in [-0.25, -0.2) is 0 Å². The van der Waals surface area contributed by atoms with Crippen molar-refractivity contribution < 1.29 is 4.79 Å². The van der Waals surface area contributed by atoms with Crippen LogP contribution in [0.25, 0.3) is 11.0 Å². The molecular weight excluding hydrogens is 418 g/mol. The van der Waals surface area contributed by atoms with Crippen LogP contribution in [0.3, 0.4) is 0 Å². The summed E-state index contributed by atoms with van der Waals surface area (Å²) in [6.07, 6.45) is 30.5. The van der Waals surface area contributed by atoms with E-state index in [-0.39, 0.29) is 5.91 Å². The van der Waals surface area contributed by atoms with Crippen LogP contribution < -0.4 is 0 Å². The van der Waals surface area contributed by atoms with Crippen molar-refractivity contribution in [1.82, 2.24) is 15.0 Å². The van der Waals surface area contributed by atoms with E-state index in [0.717, 1.165) is 23.9 Å². The zero-order valence-corrected chi connectivity index (χ0v) is 21.9. The van der Waals surface area contributed by atoms with Crippen molar-refractivity contribution in [2.45, 2.75) is 135 Å². The lowest BCUT2D eigenvalue weighted by atomic mass is 10.0. The van der Waals surface area contributed by atoms with Gasteiger partial charge < -0.3 is 0 Å². The molecule has 2 rings (SSSR count). The molecule has 0 fully saturated rings. The number of carbonyl (C=O) groups excluding carboxylic acids is 1. The van der Waals surface area contributed by atoms with Gasteiger partial charge in [0.25, 0.3) is 0 Å². The largest absolute Gasteiger partial charge is 0.273 e. The lowest BCUT2D eigenvalue weighted by molar-refractivity contribution is 0.0886. The fraction of sp³-hybridized carbons (Fsp3) is 0.700. The van der Waals surface area contributed by atoms with Gasteiger partial charge >= 0.3 is 0 Å². The number of unbranched alkanes of at least 4 members (excludes halogenated alkanes) is 17. The minimum atomic E-state index is 0.0524. The zero-order valence-electron chi connectivity index (χ0n) is 21.9. The van der Waals surface area contributed by atoms with E-state index in [4.69, 9.17) is 0 Å². The van der Waals surface area contributed by atoms with Gasteiger partial charge in [0, 0.05) is 6.42 Å². The molecule has 0 N–H and O–H groups in total. The maximum atomic E-state index is 12.4. The summed E-state index contributed by atoms with van der Waals surface area (Å²) in [5, 5.41) is 8.07. The Bertz CT molecular complexity index is 795. The van der Waals surface area contributed by atoms with Gasteiger partial charge in [0.1, 0.15) is 5.52 Å². The second-order valence-corrected chi connectivity index (χ2v) is 9.84. The van der Waals surface area contributed by atoms with Gasteiger partial charge in [-0.3, -0.25) is 4.79 Å². The Morgan fingerprint density at radius 3 is 1.79 bits per heavy atom. The molecule has 0 saturated carbocycles. The second kappa shape index (κ2) is 19.3. The van der Waals surface area contributed by atoms with Gasteiger partial charge in [-0.2, -0.15) is 4.68 Å². The number of hydrogen-bond donors (Lipinski definition) is 0. The highest BCUT2D eigenvalue weighted by Gasteiger charge is 2.10. The number of aromatic nitrogens is 3. The van der Waals surface area contributed by atoms with E-state index in [1.165, 1.54) is 114 Å². The summed E-state index contributed by atoms with van der Waals surface area (Å²) >= 11 is 0. The van der Waals surface area contributed by atoms with Crippen molar-refractivity contribution in [3.8, 4) is 0 Å². The van der Waals surface area contributed by atoms with E-state index in [1.807, 2.05) is 24.3 Å². The summed E-state index contributed by atoms with van der Waals surface area (Å²) in [5.74, 6) is 0.0524. The summed E-state index contributed by atoms with van der Waals surface area (Å²) in [7, 11) is 0. The highest BCUT2D eigenvalue weighted by atomic mass is 16.2. The summed E-state index contributed by atoms with van der Waals surface area (Å²) in [4.78, 5) is 12.4. The zero-order chi connectivity index (χ0) is 24.1. The van der Waals surface area contributed by atoms with Crippen molar-refractivity contribution in [1.29, 1.82) is 0 Å². The maximum absolute atomic E-state index is 12.4. The number of hydrogen-bond acceptors (Lipinski definition) is 3. The van der Waals surface area contributed by atoms with Crippen LogP contribution in [0.4, 0.5) is 0 Å². The normalized spacial score (nSPS) is 11.7. The molecule has 1 aromatic heterocycles. The van der Waals surface area contributed by atoms with Crippen molar-refractivity contribution in [3.63, 3.8) is 0 Å². The predicted octanol–water partition coefficient (Wildman–Crippen LogP) is 9.45. The van der Waals surface area contributed by atoms with Crippen LogP contribution in [0.2, 0.25) is 0 Å². The molecule has 0 atom stereocenters. The molecule has 0 unspecified atom stereocenters. The van der Waals surface area contributed by atoms with Crippen LogP contribution in [0.15, 0.2) is 36.4 Å². The monoisotopic (exact) mass is 467 g/mol. The Balaban J connectivity index is 1.32. The van der Waals surface area contributed by atoms with E-state index in [0.29, 0.717) is 6.42 Å². The summed E-state index contributed by atoms with van der Waals surface area (Å²) in [6, 6.07) is 7.63. The smallest absolute Gasteiger partial charge is 0.248 e. The first kappa shape index (κ1) is 28.3. The van der Waals surface area contributed by atoms with Crippen LogP contribution in [-0.4, -0.2) is 20.9 Å². The molecule has 1 aromatic carbocycles. The first-order valence-corrected chi connectivity index (χ1v) is 14.3. The molecule has 0 aliphatic carbocycles. The summed E-state index contributed by atoms with van der Waals surface area (Å²) in [5.41, 5.74) is 1.59. The molecule has 0 aliphatic heterocycles. The Morgan fingerprint density at radius 1 is 0.706 bits per heavy atom. The Morgan fingerprint density at radius 2 is 1.21 bits per heavy atom. The van der Waals surface area contributed by atoms with E-state index >= 15 is 0 Å². The van der Waals surface area contributed by atoms with E-state index in [9.17, 15) is 4.79 Å². The third kappa shape index (κ3) is 12.5. The highest BCUT2D eigenvalue weighted by molar-refractivity contribution is 5.88. The third-order valence-electron chi connectivity index (χ3n) is 6.74. The topological polar surface area (TPSA) is 47.8 Å². The quantitative estimate of drug-likeness (QED) is 0.136. The maximum Gasteiger partial charge on any atom is 0.248 e. The molecule has 4 heteroatoms. The molecule has 0 saturated heterocycles. The van der Waals surface area contributed by atoms with E-state index in [2.05, 4.69) is 29.4 Å². The number of carbonyl (C=O) groups is 1. The third-order valence-corrected chi connectivity index (χ3v) is 6.74. The van der Waals surface area contributed by atoms with E-state index in [1.54, 1.807) is 0 Å². The van der Waals surface area contributed by atoms with Crippen molar-refractivity contribution >= 4 is 16.9 Å². The van der Waals surface area contributed by atoms with Crippen molar-refractivity contribution in [2.24, 2.45) is 0 Å². The Hall–Kier alpha value is -1.97. The SMILES string of the molecule is CCCCCCCCCCCCC/C=C/CCCCCCCCC(=O)n1nnc2ccccc21. The minimum Gasteiger partial charge on any atom is -0.273 e. The number of para-hydroxylation sites is 1. The fourth-order valence-corrected chi connectivity index (χ4v) is 4.57. The highest BCUT2D eigenvalue weighted by Crippen LogP contribution is 2.14. The molecule has 190 valence electrons. The standard InChI is InChI=1S/C30H49N3O/c1-2-3-4-5-6-7-8-9-10-11-12-13-14-15-16-17-18-19-20-21-22-27-30(34)33-29-26-24-23-25-28(29)31-32-33/h14-15,23-26H,2-13,16-22,27H2,1H3/b15-14+. The molecule has 0 spiro atoms. The molecule has 0 radical (unpaired) electrons. The average molecular weight is 468 g/mol. The van der Waals surface area contributed by atoms with Crippen molar-refractivity contribution in [2.75, 3.05) is 0 Å². The number of fused-ring (bicyclic) bond motifs is 1. The van der Waals surface area contributed by atoms with Gasteiger partial charge in [-0.15, -0.1) is 5.10 Å². The van der Waals surface area contributed by atoms with Crippen LogP contribution in [-0.2, 0) is 0 Å². The first-order valence-electron chi connectivity index (χ1n) is 14.3. The molecule has 0 bridgehead atoms. The molecule has 34 heavy (non-hydrogen) atoms. The van der Waals surface area contributed by atoms with Crippen LogP contribution in [0, 0.1) is 0 Å².